The summed E-state index contributed by atoms with van der Waals surface area (Å²) in [5, 5.41) is 6.18. The Morgan fingerprint density at radius 3 is 2.73 bits per heavy atom. The van der Waals surface area contributed by atoms with Crippen LogP contribution in [0.2, 0.25) is 0 Å². The van der Waals surface area contributed by atoms with Crippen molar-refractivity contribution in [1.82, 2.24) is 5.32 Å². The number of benzene rings is 1. The Morgan fingerprint density at radius 1 is 1.53 bits per heavy atom. The highest BCUT2D eigenvalue weighted by molar-refractivity contribution is 5.97. The van der Waals surface area contributed by atoms with Gasteiger partial charge in [-0.3, -0.25) is 4.79 Å². The molecule has 80 valence electrons. The van der Waals surface area contributed by atoms with E-state index in [2.05, 4.69) is 15.3 Å². The number of rotatable bonds is 5. The van der Waals surface area contributed by atoms with Crippen LogP contribution in [0.1, 0.15) is 11.1 Å². The third-order valence-corrected chi connectivity index (χ3v) is 1.83. The number of nitrogens with one attached hydrogen (secondary N) is 1. The SMILES string of the molecule is CO/N=C(\N)c1ccc(CNC=O)cc1. The zero-order valence-corrected chi connectivity index (χ0v) is 8.43. The number of carbonyl (C=O) groups excluding carboxylic acids is 1. The molecule has 0 fully saturated rings. The number of amidine groups is 1. The Balaban J connectivity index is 2.71. The average Bonchev–Trinajstić information content (AvgIpc) is 2.27. The van der Waals surface area contributed by atoms with Crippen molar-refractivity contribution in [3.63, 3.8) is 0 Å². The summed E-state index contributed by atoms with van der Waals surface area (Å²) >= 11 is 0. The molecule has 1 amide bonds. The van der Waals surface area contributed by atoms with E-state index in [1.165, 1.54) is 7.11 Å². The summed E-state index contributed by atoms with van der Waals surface area (Å²) in [5.74, 6) is 0.326. The van der Waals surface area contributed by atoms with Gasteiger partial charge in [0.25, 0.3) is 0 Å². The van der Waals surface area contributed by atoms with E-state index in [1.54, 1.807) is 0 Å². The number of hydrogen-bond acceptors (Lipinski definition) is 3. The quantitative estimate of drug-likeness (QED) is 0.313. The highest BCUT2D eigenvalue weighted by atomic mass is 16.6. The van der Waals surface area contributed by atoms with E-state index in [0.717, 1.165) is 11.1 Å². The first-order valence-electron chi connectivity index (χ1n) is 4.41. The summed E-state index contributed by atoms with van der Waals surface area (Å²) in [5.41, 5.74) is 7.39. The van der Waals surface area contributed by atoms with Gasteiger partial charge in [-0.2, -0.15) is 0 Å². The van der Waals surface area contributed by atoms with Crippen LogP contribution in [0.15, 0.2) is 29.4 Å². The lowest BCUT2D eigenvalue weighted by atomic mass is 10.1. The largest absolute Gasteiger partial charge is 0.397 e. The first kappa shape index (κ1) is 11.0. The van der Waals surface area contributed by atoms with Gasteiger partial charge in [0.2, 0.25) is 6.41 Å². The second-order valence-corrected chi connectivity index (χ2v) is 2.85. The maximum atomic E-state index is 10.1. The van der Waals surface area contributed by atoms with E-state index in [9.17, 15) is 4.79 Å². The molecule has 0 spiro atoms. The molecule has 0 aliphatic rings. The van der Waals surface area contributed by atoms with Crippen LogP contribution in [0.4, 0.5) is 0 Å². The lowest BCUT2D eigenvalue weighted by Crippen LogP contribution is -2.14. The van der Waals surface area contributed by atoms with Gasteiger partial charge in [-0.1, -0.05) is 29.4 Å². The average molecular weight is 207 g/mol. The summed E-state index contributed by atoms with van der Waals surface area (Å²) < 4.78 is 0. The molecule has 0 saturated carbocycles. The molecule has 0 radical (unpaired) electrons. The minimum Gasteiger partial charge on any atom is -0.397 e. The minimum atomic E-state index is 0.326. The Morgan fingerprint density at radius 2 is 2.20 bits per heavy atom. The number of nitrogens with zero attached hydrogens (tertiary/aromatic N) is 1. The maximum absolute atomic E-state index is 10.1. The maximum Gasteiger partial charge on any atom is 0.207 e. The zero-order valence-electron chi connectivity index (χ0n) is 8.43. The van der Waals surface area contributed by atoms with Crippen molar-refractivity contribution < 1.29 is 9.63 Å². The van der Waals surface area contributed by atoms with E-state index in [-0.39, 0.29) is 0 Å². The lowest BCUT2D eigenvalue weighted by Gasteiger charge is -2.02. The molecule has 0 saturated heterocycles. The summed E-state index contributed by atoms with van der Waals surface area (Å²) in [4.78, 5) is 14.6. The summed E-state index contributed by atoms with van der Waals surface area (Å²) in [6.45, 7) is 0.505. The van der Waals surface area contributed by atoms with Crippen molar-refractivity contribution in [2.75, 3.05) is 7.11 Å². The molecule has 5 nitrogen and oxygen atoms in total. The molecule has 1 aromatic rings. The number of oxime groups is 1. The molecule has 3 N–H and O–H groups in total. The van der Waals surface area contributed by atoms with Gasteiger partial charge in [0, 0.05) is 12.1 Å². The predicted molar refractivity (Wildman–Crippen MR) is 57.1 cm³/mol. The van der Waals surface area contributed by atoms with Gasteiger partial charge < -0.3 is 15.9 Å². The second kappa shape index (κ2) is 5.64. The first-order chi connectivity index (χ1) is 7.27. The molecule has 0 aliphatic heterocycles. The van der Waals surface area contributed by atoms with Crippen molar-refractivity contribution in [3.05, 3.63) is 35.4 Å². The van der Waals surface area contributed by atoms with E-state index >= 15 is 0 Å². The molecule has 0 aliphatic carbocycles. The van der Waals surface area contributed by atoms with Crippen molar-refractivity contribution in [1.29, 1.82) is 0 Å². The van der Waals surface area contributed by atoms with E-state index < -0.39 is 0 Å². The van der Waals surface area contributed by atoms with Gasteiger partial charge in [0.05, 0.1) is 0 Å². The van der Waals surface area contributed by atoms with Crippen LogP contribution in [-0.4, -0.2) is 19.4 Å². The third kappa shape index (κ3) is 3.30. The molecule has 0 bridgehead atoms. The Bertz CT molecular complexity index is 346. The highest BCUT2D eigenvalue weighted by Crippen LogP contribution is 2.03. The van der Waals surface area contributed by atoms with Crippen LogP contribution < -0.4 is 11.1 Å². The second-order valence-electron chi connectivity index (χ2n) is 2.85. The summed E-state index contributed by atoms with van der Waals surface area (Å²) in [6.07, 6.45) is 0.661. The molecule has 0 unspecified atom stereocenters. The molecule has 0 atom stereocenters. The van der Waals surface area contributed by atoms with Gasteiger partial charge in [0.1, 0.15) is 7.11 Å². The molecule has 0 aromatic heterocycles. The van der Waals surface area contributed by atoms with Crippen LogP contribution >= 0.6 is 0 Å². The van der Waals surface area contributed by atoms with Crippen molar-refractivity contribution in [3.8, 4) is 0 Å². The fourth-order valence-corrected chi connectivity index (χ4v) is 1.10. The number of carbonyl (C=O) groups is 1. The molecular weight excluding hydrogens is 194 g/mol. The standard InChI is InChI=1S/C10H13N3O2/c1-15-13-10(11)9-4-2-8(3-5-9)6-12-7-14/h2-5,7H,6H2,1H3,(H2,11,13)(H,12,14). The summed E-state index contributed by atoms with van der Waals surface area (Å²) in [7, 11) is 1.44. The van der Waals surface area contributed by atoms with Crippen LogP contribution in [0.5, 0.6) is 0 Å². The van der Waals surface area contributed by atoms with Gasteiger partial charge in [-0.05, 0) is 5.56 Å². The topological polar surface area (TPSA) is 76.7 Å². The van der Waals surface area contributed by atoms with E-state index in [0.29, 0.717) is 18.8 Å². The number of hydrogen-bond donors (Lipinski definition) is 2. The smallest absolute Gasteiger partial charge is 0.207 e. The van der Waals surface area contributed by atoms with Gasteiger partial charge >= 0.3 is 0 Å². The number of nitrogens with two attached hydrogens (primary N) is 1. The lowest BCUT2D eigenvalue weighted by molar-refractivity contribution is -0.109. The Labute approximate surface area is 87.9 Å². The van der Waals surface area contributed by atoms with Crippen LogP contribution in [0.3, 0.4) is 0 Å². The molecule has 0 heterocycles. The summed E-state index contributed by atoms with van der Waals surface area (Å²) in [6, 6.07) is 7.37. The minimum absolute atomic E-state index is 0.326. The molecule has 5 heteroatoms. The highest BCUT2D eigenvalue weighted by Gasteiger charge is 1.98. The van der Waals surface area contributed by atoms with Gasteiger partial charge in [-0.15, -0.1) is 0 Å². The molecular formula is C10H13N3O2. The number of amides is 1. The van der Waals surface area contributed by atoms with Crippen LogP contribution in [-0.2, 0) is 16.2 Å². The van der Waals surface area contributed by atoms with Crippen LogP contribution in [0, 0.1) is 0 Å². The van der Waals surface area contributed by atoms with Crippen molar-refractivity contribution >= 4 is 12.2 Å². The van der Waals surface area contributed by atoms with Crippen molar-refractivity contribution in [2.24, 2.45) is 10.9 Å². The molecule has 1 rings (SSSR count). The fraction of sp³-hybridized carbons (Fsp3) is 0.200. The zero-order chi connectivity index (χ0) is 11.1. The monoisotopic (exact) mass is 207 g/mol. The van der Waals surface area contributed by atoms with Gasteiger partial charge in [0.15, 0.2) is 5.84 Å². The predicted octanol–water partition coefficient (Wildman–Crippen LogP) is 0.199. The Kier molecular flexibility index (Phi) is 4.15. The van der Waals surface area contributed by atoms with E-state index in [1.807, 2.05) is 24.3 Å². The third-order valence-electron chi connectivity index (χ3n) is 1.83. The Hall–Kier alpha value is -2.04. The van der Waals surface area contributed by atoms with Crippen molar-refractivity contribution in [2.45, 2.75) is 6.54 Å². The van der Waals surface area contributed by atoms with E-state index in [4.69, 9.17) is 5.73 Å². The first-order valence-corrected chi connectivity index (χ1v) is 4.41. The molecule has 1 aromatic carbocycles. The molecule has 15 heavy (non-hydrogen) atoms. The van der Waals surface area contributed by atoms with Gasteiger partial charge in [-0.25, -0.2) is 0 Å². The fourth-order valence-electron chi connectivity index (χ4n) is 1.10. The van der Waals surface area contributed by atoms with Crippen LogP contribution in [0.25, 0.3) is 0 Å². The normalized spacial score (nSPS) is 10.9.